The van der Waals surface area contributed by atoms with Crippen LogP contribution >= 0.6 is 24.0 Å². The first-order valence-corrected chi connectivity index (χ1v) is 8.21. The summed E-state index contributed by atoms with van der Waals surface area (Å²) in [6, 6.07) is 8.24. The molecular weight excluding hydrogens is 415 g/mol. The van der Waals surface area contributed by atoms with Gasteiger partial charge in [-0.3, -0.25) is 0 Å². The maximum Gasteiger partial charge on any atom is 0.193 e. The lowest BCUT2D eigenvalue weighted by molar-refractivity contribution is 0.508. The average Bonchev–Trinajstić information content (AvgIpc) is 2.96. The molecule has 3 N–H and O–H groups in total. The number of aromatic nitrogens is 3. The molecule has 1 aromatic heterocycles. The third kappa shape index (κ3) is 4.46. The van der Waals surface area contributed by atoms with E-state index in [1.807, 2.05) is 12.1 Å². The lowest BCUT2D eigenvalue weighted by atomic mass is 10.0. The van der Waals surface area contributed by atoms with E-state index in [9.17, 15) is 0 Å². The third-order valence-corrected chi connectivity index (χ3v) is 4.15. The van der Waals surface area contributed by atoms with E-state index in [4.69, 9.17) is 5.73 Å². The van der Waals surface area contributed by atoms with E-state index in [1.165, 1.54) is 18.4 Å². The molecule has 24 heavy (non-hydrogen) atoms. The SMILES string of the molecule is CC(C)c1cccc(NC(N)=NCc2nnc3n2CCCC3)c1.I. The summed E-state index contributed by atoms with van der Waals surface area (Å²) in [5, 5.41) is 11.6. The van der Waals surface area contributed by atoms with E-state index in [-0.39, 0.29) is 24.0 Å². The lowest BCUT2D eigenvalue weighted by Crippen LogP contribution is -2.23. The molecule has 6 nitrogen and oxygen atoms in total. The van der Waals surface area contributed by atoms with Gasteiger partial charge in [-0.05, 0) is 36.5 Å². The largest absolute Gasteiger partial charge is 0.370 e. The maximum absolute atomic E-state index is 6.01. The number of halogens is 1. The summed E-state index contributed by atoms with van der Waals surface area (Å²) in [7, 11) is 0. The normalized spacial score (nSPS) is 14.2. The monoisotopic (exact) mass is 440 g/mol. The minimum absolute atomic E-state index is 0. The Morgan fingerprint density at radius 2 is 2.17 bits per heavy atom. The number of fused-ring (bicyclic) bond motifs is 1. The van der Waals surface area contributed by atoms with Crippen LogP contribution in [0.25, 0.3) is 0 Å². The minimum Gasteiger partial charge on any atom is -0.370 e. The second-order valence-corrected chi connectivity index (χ2v) is 6.25. The van der Waals surface area contributed by atoms with Crippen LogP contribution in [0.5, 0.6) is 0 Å². The number of aryl methyl sites for hydroxylation is 1. The van der Waals surface area contributed by atoms with Crippen molar-refractivity contribution in [1.82, 2.24) is 14.8 Å². The van der Waals surface area contributed by atoms with Crippen molar-refractivity contribution >= 4 is 35.6 Å². The van der Waals surface area contributed by atoms with Crippen LogP contribution in [0, 0.1) is 0 Å². The van der Waals surface area contributed by atoms with Gasteiger partial charge in [0.1, 0.15) is 12.4 Å². The van der Waals surface area contributed by atoms with Crippen molar-refractivity contribution in [2.75, 3.05) is 5.32 Å². The molecule has 0 unspecified atom stereocenters. The number of anilines is 1. The van der Waals surface area contributed by atoms with Crippen LogP contribution in [-0.2, 0) is 19.5 Å². The van der Waals surface area contributed by atoms with Crippen LogP contribution in [-0.4, -0.2) is 20.7 Å². The van der Waals surface area contributed by atoms with Gasteiger partial charge in [-0.25, -0.2) is 4.99 Å². The number of nitrogens with one attached hydrogen (secondary N) is 1. The van der Waals surface area contributed by atoms with Crippen LogP contribution in [0.4, 0.5) is 5.69 Å². The third-order valence-electron chi connectivity index (χ3n) is 4.15. The van der Waals surface area contributed by atoms with E-state index >= 15 is 0 Å². The molecule has 0 amide bonds. The molecule has 0 aliphatic carbocycles. The van der Waals surface area contributed by atoms with Gasteiger partial charge in [-0.15, -0.1) is 34.2 Å². The number of benzene rings is 1. The molecule has 3 rings (SSSR count). The van der Waals surface area contributed by atoms with Crippen LogP contribution in [0.15, 0.2) is 29.3 Å². The van der Waals surface area contributed by atoms with Crippen LogP contribution < -0.4 is 11.1 Å². The fraction of sp³-hybridized carbons (Fsp3) is 0.471. The fourth-order valence-electron chi connectivity index (χ4n) is 2.80. The van der Waals surface area contributed by atoms with Gasteiger partial charge in [0.2, 0.25) is 0 Å². The first-order chi connectivity index (χ1) is 11.1. The van der Waals surface area contributed by atoms with Gasteiger partial charge in [0.25, 0.3) is 0 Å². The van der Waals surface area contributed by atoms with Crippen LogP contribution in [0.3, 0.4) is 0 Å². The summed E-state index contributed by atoms with van der Waals surface area (Å²) < 4.78 is 2.17. The standard InChI is InChI=1S/C17H24N6.HI/c1-12(2)13-6-5-7-14(10-13)20-17(18)19-11-16-22-21-15-8-3-4-9-23(15)16;/h5-7,10,12H,3-4,8-9,11H2,1-2H3,(H3,18,19,20);1H. The molecule has 0 radical (unpaired) electrons. The minimum atomic E-state index is 0. The zero-order valence-electron chi connectivity index (χ0n) is 14.2. The molecule has 2 aromatic rings. The summed E-state index contributed by atoms with van der Waals surface area (Å²) in [5.41, 5.74) is 8.24. The molecule has 130 valence electrons. The van der Waals surface area contributed by atoms with Crippen molar-refractivity contribution in [3.8, 4) is 0 Å². The first kappa shape index (κ1) is 18.7. The summed E-state index contributed by atoms with van der Waals surface area (Å²) in [6.45, 7) is 5.78. The van der Waals surface area contributed by atoms with Gasteiger partial charge in [-0.2, -0.15) is 0 Å². The predicted molar refractivity (Wildman–Crippen MR) is 108 cm³/mol. The Hall–Kier alpha value is -1.64. The summed E-state index contributed by atoms with van der Waals surface area (Å²) >= 11 is 0. The van der Waals surface area contributed by atoms with Crippen molar-refractivity contribution in [3.05, 3.63) is 41.5 Å². The number of nitrogens with two attached hydrogens (primary N) is 1. The number of guanidine groups is 1. The Morgan fingerprint density at radius 3 is 2.96 bits per heavy atom. The predicted octanol–water partition coefficient (Wildman–Crippen LogP) is 3.28. The summed E-state index contributed by atoms with van der Waals surface area (Å²) in [6.07, 6.45) is 3.38. The topological polar surface area (TPSA) is 81.1 Å². The molecule has 0 spiro atoms. The fourth-order valence-corrected chi connectivity index (χ4v) is 2.80. The summed E-state index contributed by atoms with van der Waals surface area (Å²) in [4.78, 5) is 4.40. The van der Waals surface area contributed by atoms with Crippen LogP contribution in [0.2, 0.25) is 0 Å². The Balaban J connectivity index is 0.00000208. The van der Waals surface area contributed by atoms with E-state index in [0.29, 0.717) is 18.4 Å². The Bertz CT molecular complexity index is 707. The highest BCUT2D eigenvalue weighted by molar-refractivity contribution is 14.0. The highest BCUT2D eigenvalue weighted by atomic mass is 127. The van der Waals surface area contributed by atoms with E-state index in [0.717, 1.165) is 30.3 Å². The molecule has 2 heterocycles. The lowest BCUT2D eigenvalue weighted by Gasteiger charge is -2.14. The van der Waals surface area contributed by atoms with Crippen LogP contribution in [0.1, 0.15) is 49.8 Å². The molecule has 0 bridgehead atoms. The quantitative estimate of drug-likeness (QED) is 0.435. The Labute approximate surface area is 160 Å². The molecule has 1 aromatic carbocycles. The highest BCUT2D eigenvalue weighted by Gasteiger charge is 2.15. The average molecular weight is 440 g/mol. The number of hydrogen-bond acceptors (Lipinski definition) is 3. The molecule has 0 fully saturated rings. The smallest absolute Gasteiger partial charge is 0.193 e. The highest BCUT2D eigenvalue weighted by Crippen LogP contribution is 2.18. The first-order valence-electron chi connectivity index (χ1n) is 8.21. The Kier molecular flexibility index (Phi) is 6.59. The maximum atomic E-state index is 6.01. The molecule has 0 saturated heterocycles. The van der Waals surface area contributed by atoms with Crippen molar-refractivity contribution in [2.24, 2.45) is 10.7 Å². The van der Waals surface area contributed by atoms with E-state index in [2.05, 4.69) is 51.1 Å². The molecular formula is C17H25IN6. The summed E-state index contributed by atoms with van der Waals surface area (Å²) in [5.74, 6) is 2.84. The van der Waals surface area contributed by atoms with Gasteiger partial charge in [-0.1, -0.05) is 26.0 Å². The van der Waals surface area contributed by atoms with Crippen molar-refractivity contribution in [1.29, 1.82) is 0 Å². The Morgan fingerprint density at radius 1 is 1.33 bits per heavy atom. The van der Waals surface area contributed by atoms with Crippen molar-refractivity contribution in [3.63, 3.8) is 0 Å². The number of rotatable bonds is 4. The molecule has 7 heteroatoms. The zero-order valence-corrected chi connectivity index (χ0v) is 16.5. The zero-order chi connectivity index (χ0) is 16.2. The number of nitrogens with zero attached hydrogens (tertiary/aromatic N) is 4. The van der Waals surface area contributed by atoms with Crippen molar-refractivity contribution < 1.29 is 0 Å². The van der Waals surface area contributed by atoms with E-state index < -0.39 is 0 Å². The van der Waals surface area contributed by atoms with Gasteiger partial charge in [0.15, 0.2) is 11.8 Å². The van der Waals surface area contributed by atoms with Crippen molar-refractivity contribution in [2.45, 2.75) is 52.1 Å². The number of hydrogen-bond donors (Lipinski definition) is 2. The second-order valence-electron chi connectivity index (χ2n) is 6.25. The van der Waals surface area contributed by atoms with Gasteiger partial charge in [0, 0.05) is 18.7 Å². The molecule has 1 aliphatic rings. The van der Waals surface area contributed by atoms with Gasteiger partial charge in [0.05, 0.1) is 0 Å². The molecule has 0 atom stereocenters. The van der Waals surface area contributed by atoms with Gasteiger partial charge < -0.3 is 15.6 Å². The van der Waals surface area contributed by atoms with E-state index in [1.54, 1.807) is 0 Å². The molecule has 0 saturated carbocycles. The number of aliphatic imine (C=N–C) groups is 1. The molecule has 1 aliphatic heterocycles. The second kappa shape index (κ2) is 8.46. The van der Waals surface area contributed by atoms with Gasteiger partial charge >= 0.3 is 0 Å².